The van der Waals surface area contributed by atoms with Gasteiger partial charge in [-0.3, -0.25) is 0 Å². The molecule has 0 bridgehead atoms. The second-order valence-corrected chi connectivity index (χ2v) is 6.46. The molecule has 0 aromatic heterocycles. The summed E-state index contributed by atoms with van der Waals surface area (Å²) in [5, 5.41) is 10.0. The van der Waals surface area contributed by atoms with Gasteiger partial charge in [0.2, 0.25) is 0 Å². The molecule has 0 amide bonds. The highest BCUT2D eigenvalue weighted by molar-refractivity contribution is 5.89. The molecule has 0 aliphatic carbocycles. The lowest BCUT2D eigenvalue weighted by Gasteiger charge is -2.08. The van der Waals surface area contributed by atoms with Gasteiger partial charge in [0.15, 0.2) is 17.4 Å². The van der Waals surface area contributed by atoms with E-state index in [1.54, 1.807) is 18.2 Å². The van der Waals surface area contributed by atoms with Crippen LogP contribution in [0.5, 0.6) is 5.75 Å². The fourth-order valence-corrected chi connectivity index (χ4v) is 3.12. The van der Waals surface area contributed by atoms with Gasteiger partial charge in [-0.2, -0.15) is 0 Å². The van der Waals surface area contributed by atoms with Gasteiger partial charge >= 0.3 is 0 Å². The number of rotatable bonds is 6. The van der Waals surface area contributed by atoms with Crippen LogP contribution in [-0.4, -0.2) is 5.11 Å². The maximum absolute atomic E-state index is 13.9. The third-order valence-corrected chi connectivity index (χ3v) is 4.61. The van der Waals surface area contributed by atoms with Gasteiger partial charge in [0.05, 0.1) is 0 Å². The molecule has 0 radical (unpaired) electrons. The molecule has 130 valence electrons. The zero-order chi connectivity index (χ0) is 17.8. The van der Waals surface area contributed by atoms with Crippen molar-refractivity contribution in [2.24, 2.45) is 0 Å². The maximum atomic E-state index is 13.9. The molecule has 1 N–H and O–H groups in total. The van der Waals surface area contributed by atoms with Gasteiger partial charge in [0.25, 0.3) is 0 Å². The zero-order valence-electron chi connectivity index (χ0n) is 14.4. The predicted molar refractivity (Wildman–Crippen MR) is 98.8 cm³/mol. The van der Waals surface area contributed by atoms with Gasteiger partial charge in [-0.15, -0.1) is 0 Å². The Hall–Kier alpha value is -2.42. The van der Waals surface area contributed by atoms with Crippen molar-refractivity contribution in [3.8, 4) is 16.9 Å². The summed E-state index contributed by atoms with van der Waals surface area (Å²) >= 11 is 0. The summed E-state index contributed by atoms with van der Waals surface area (Å²) in [6.07, 6.45) is 6.05. The van der Waals surface area contributed by atoms with Gasteiger partial charge < -0.3 is 5.11 Å². The van der Waals surface area contributed by atoms with Crippen LogP contribution in [0.25, 0.3) is 21.9 Å². The van der Waals surface area contributed by atoms with Crippen LogP contribution < -0.4 is 0 Å². The average molecular weight is 340 g/mol. The number of unbranched alkanes of at least 4 members (excludes halogenated alkanes) is 3. The van der Waals surface area contributed by atoms with Gasteiger partial charge in [0.1, 0.15) is 0 Å². The smallest absolute Gasteiger partial charge is 0.188 e. The van der Waals surface area contributed by atoms with E-state index in [0.29, 0.717) is 5.39 Å². The van der Waals surface area contributed by atoms with Crippen molar-refractivity contribution in [2.45, 2.75) is 39.0 Å². The highest BCUT2D eigenvalue weighted by Gasteiger charge is 2.13. The molecule has 3 aromatic carbocycles. The van der Waals surface area contributed by atoms with Crippen LogP contribution in [0.1, 0.15) is 38.2 Å². The Morgan fingerprint density at radius 2 is 1.56 bits per heavy atom. The first-order valence-electron chi connectivity index (χ1n) is 8.80. The van der Waals surface area contributed by atoms with E-state index in [4.69, 9.17) is 0 Å². The van der Waals surface area contributed by atoms with Crippen LogP contribution in [0.2, 0.25) is 0 Å². The van der Waals surface area contributed by atoms with E-state index in [2.05, 4.69) is 19.1 Å². The lowest BCUT2D eigenvalue weighted by Crippen LogP contribution is -1.88. The summed E-state index contributed by atoms with van der Waals surface area (Å²) in [4.78, 5) is 0. The molecule has 0 unspecified atom stereocenters. The van der Waals surface area contributed by atoms with Crippen molar-refractivity contribution in [1.29, 1.82) is 0 Å². The molecule has 3 aromatic rings. The molecule has 0 atom stereocenters. The highest BCUT2D eigenvalue weighted by atomic mass is 19.1. The molecule has 0 fully saturated rings. The molecule has 0 heterocycles. The van der Waals surface area contributed by atoms with Gasteiger partial charge in [-0.1, -0.05) is 62.6 Å². The van der Waals surface area contributed by atoms with E-state index in [-0.39, 0.29) is 5.39 Å². The minimum absolute atomic E-state index is 0.218. The molecule has 1 nitrogen and oxygen atoms in total. The van der Waals surface area contributed by atoms with Gasteiger partial charge in [-0.05, 0) is 47.1 Å². The standard InChI is InChI=1S/C22H22F2O/c1-2-3-4-5-6-15-7-9-16(10-8-15)17-11-12-19-18(13-17)14-20(23)22(25)21(19)24/h7-14,25H,2-6H2,1H3. The molecule has 0 saturated heterocycles. The molecular formula is C22H22F2O. The molecule has 0 saturated carbocycles. The first kappa shape index (κ1) is 17.4. The number of benzene rings is 3. The summed E-state index contributed by atoms with van der Waals surface area (Å²) in [5.74, 6) is -2.78. The van der Waals surface area contributed by atoms with E-state index >= 15 is 0 Å². The molecule has 3 heteroatoms. The van der Waals surface area contributed by atoms with E-state index in [1.165, 1.54) is 37.3 Å². The molecule has 0 aliphatic heterocycles. The van der Waals surface area contributed by atoms with Crippen molar-refractivity contribution < 1.29 is 13.9 Å². The van der Waals surface area contributed by atoms with Crippen LogP contribution in [0.15, 0.2) is 48.5 Å². The number of phenols is 1. The van der Waals surface area contributed by atoms with Crippen LogP contribution in [0.4, 0.5) is 8.78 Å². The summed E-state index contributed by atoms with van der Waals surface area (Å²) in [5.41, 5.74) is 3.21. The lowest BCUT2D eigenvalue weighted by molar-refractivity contribution is 0.400. The predicted octanol–water partition coefficient (Wildman–Crippen LogP) is 6.61. The summed E-state index contributed by atoms with van der Waals surface area (Å²) in [7, 11) is 0. The Morgan fingerprint density at radius 3 is 2.28 bits per heavy atom. The monoisotopic (exact) mass is 340 g/mol. The normalized spacial score (nSPS) is 11.2. The first-order valence-corrected chi connectivity index (χ1v) is 8.80. The minimum Gasteiger partial charge on any atom is -0.503 e. The average Bonchev–Trinajstić information content (AvgIpc) is 2.63. The van der Waals surface area contributed by atoms with Crippen molar-refractivity contribution in [1.82, 2.24) is 0 Å². The van der Waals surface area contributed by atoms with Gasteiger partial charge in [0, 0.05) is 5.39 Å². The van der Waals surface area contributed by atoms with Crippen molar-refractivity contribution >= 4 is 10.8 Å². The molecule has 3 rings (SSSR count). The van der Waals surface area contributed by atoms with Crippen LogP contribution in [0.3, 0.4) is 0 Å². The minimum atomic E-state index is -0.940. The number of hydrogen-bond acceptors (Lipinski definition) is 1. The lowest BCUT2D eigenvalue weighted by atomic mass is 9.98. The zero-order valence-corrected chi connectivity index (χ0v) is 14.4. The van der Waals surface area contributed by atoms with E-state index in [0.717, 1.165) is 17.5 Å². The number of fused-ring (bicyclic) bond motifs is 1. The Kier molecular flexibility index (Phi) is 5.32. The fraction of sp³-hybridized carbons (Fsp3) is 0.273. The molecule has 0 aliphatic rings. The van der Waals surface area contributed by atoms with E-state index < -0.39 is 17.4 Å². The van der Waals surface area contributed by atoms with Crippen molar-refractivity contribution in [3.63, 3.8) is 0 Å². The molecule has 0 spiro atoms. The fourth-order valence-electron chi connectivity index (χ4n) is 3.12. The Morgan fingerprint density at radius 1 is 0.840 bits per heavy atom. The quantitative estimate of drug-likeness (QED) is 0.500. The highest BCUT2D eigenvalue weighted by Crippen LogP contribution is 2.32. The topological polar surface area (TPSA) is 20.2 Å². The number of halogens is 2. The SMILES string of the molecule is CCCCCCc1ccc(-c2ccc3c(F)c(O)c(F)cc3c2)cc1. The Bertz CT molecular complexity index is 869. The molecule has 25 heavy (non-hydrogen) atoms. The van der Waals surface area contributed by atoms with Crippen LogP contribution >= 0.6 is 0 Å². The summed E-state index contributed by atoms with van der Waals surface area (Å²) < 4.78 is 27.5. The van der Waals surface area contributed by atoms with Gasteiger partial charge in [-0.25, -0.2) is 8.78 Å². The van der Waals surface area contributed by atoms with E-state index in [9.17, 15) is 13.9 Å². The number of hydrogen-bond donors (Lipinski definition) is 1. The molecular weight excluding hydrogens is 318 g/mol. The van der Waals surface area contributed by atoms with Crippen molar-refractivity contribution in [3.05, 3.63) is 65.7 Å². The van der Waals surface area contributed by atoms with Crippen LogP contribution in [-0.2, 0) is 6.42 Å². The van der Waals surface area contributed by atoms with Crippen LogP contribution in [0, 0.1) is 11.6 Å². The number of phenolic OH excluding ortho intramolecular Hbond substituents is 1. The largest absolute Gasteiger partial charge is 0.503 e. The van der Waals surface area contributed by atoms with Crippen molar-refractivity contribution in [2.75, 3.05) is 0 Å². The Balaban J connectivity index is 1.83. The number of aryl methyl sites for hydroxylation is 1. The van der Waals surface area contributed by atoms with E-state index in [1.807, 2.05) is 12.1 Å². The number of aromatic hydroxyl groups is 1. The summed E-state index contributed by atoms with van der Waals surface area (Å²) in [6.45, 7) is 2.21. The second-order valence-electron chi connectivity index (χ2n) is 6.46. The maximum Gasteiger partial charge on any atom is 0.188 e. The Labute approximate surface area is 146 Å². The summed E-state index contributed by atoms with van der Waals surface area (Å²) in [6, 6.07) is 14.6. The third-order valence-electron chi connectivity index (χ3n) is 4.61. The second kappa shape index (κ2) is 7.64. The first-order chi connectivity index (χ1) is 12.1. The third kappa shape index (κ3) is 3.81.